The number of amides is 1. The Morgan fingerprint density at radius 2 is 2.31 bits per heavy atom. The van der Waals surface area contributed by atoms with Gasteiger partial charge >= 0.3 is 0 Å². The van der Waals surface area contributed by atoms with Crippen LogP contribution in [-0.2, 0) is 4.79 Å². The van der Waals surface area contributed by atoms with Gasteiger partial charge in [0, 0.05) is 10.6 Å². The van der Waals surface area contributed by atoms with Crippen LogP contribution in [0, 0.1) is 0 Å². The first-order valence-corrected chi connectivity index (χ1v) is 5.12. The van der Waals surface area contributed by atoms with Gasteiger partial charge in [0.25, 0.3) is 0 Å². The van der Waals surface area contributed by atoms with Gasteiger partial charge in [0.2, 0.25) is 6.41 Å². The fourth-order valence-electron chi connectivity index (χ4n) is 0.961. The third-order valence-corrected chi connectivity index (χ3v) is 2.56. The highest BCUT2D eigenvalue weighted by molar-refractivity contribution is 7.98. The lowest BCUT2D eigenvalue weighted by Crippen LogP contribution is -1.98. The summed E-state index contributed by atoms with van der Waals surface area (Å²) in [5.41, 5.74) is 6.78. The molecule has 1 aromatic carbocycles. The van der Waals surface area contributed by atoms with Crippen molar-refractivity contribution in [3.8, 4) is 0 Å². The first kappa shape index (κ1) is 10.2. The Morgan fingerprint density at radius 1 is 1.62 bits per heavy atom. The summed E-state index contributed by atoms with van der Waals surface area (Å²) >= 11 is 7.36. The van der Waals surface area contributed by atoms with E-state index in [-0.39, 0.29) is 0 Å². The normalized spacial score (nSPS) is 9.69. The van der Waals surface area contributed by atoms with Crippen LogP contribution in [0.5, 0.6) is 0 Å². The molecule has 1 rings (SSSR count). The van der Waals surface area contributed by atoms with E-state index in [4.69, 9.17) is 17.3 Å². The predicted molar refractivity (Wildman–Crippen MR) is 57.3 cm³/mol. The van der Waals surface area contributed by atoms with Crippen LogP contribution in [0.25, 0.3) is 0 Å². The zero-order chi connectivity index (χ0) is 9.84. The number of anilines is 2. The van der Waals surface area contributed by atoms with Crippen molar-refractivity contribution in [1.29, 1.82) is 0 Å². The minimum Gasteiger partial charge on any atom is -0.399 e. The second-order valence-corrected chi connectivity index (χ2v) is 3.60. The Morgan fingerprint density at radius 3 is 2.85 bits per heavy atom. The molecule has 70 valence electrons. The van der Waals surface area contributed by atoms with Crippen molar-refractivity contribution in [2.45, 2.75) is 4.90 Å². The Hall–Kier alpha value is -0.870. The third-order valence-electron chi connectivity index (χ3n) is 1.50. The van der Waals surface area contributed by atoms with Crippen molar-refractivity contribution in [2.75, 3.05) is 17.3 Å². The van der Waals surface area contributed by atoms with Crippen molar-refractivity contribution >= 4 is 41.1 Å². The molecule has 0 bridgehead atoms. The van der Waals surface area contributed by atoms with Crippen LogP contribution in [0.3, 0.4) is 0 Å². The van der Waals surface area contributed by atoms with Gasteiger partial charge in [-0.25, -0.2) is 0 Å². The zero-order valence-electron chi connectivity index (χ0n) is 7.00. The van der Waals surface area contributed by atoms with Gasteiger partial charge in [0.15, 0.2) is 0 Å². The Labute approximate surface area is 85.6 Å². The molecule has 0 aromatic heterocycles. The van der Waals surface area contributed by atoms with Crippen molar-refractivity contribution in [2.24, 2.45) is 0 Å². The van der Waals surface area contributed by atoms with Crippen LogP contribution in [0.4, 0.5) is 11.4 Å². The van der Waals surface area contributed by atoms with Crippen LogP contribution < -0.4 is 11.1 Å². The number of nitrogens with two attached hydrogens (primary N) is 1. The van der Waals surface area contributed by atoms with Gasteiger partial charge in [-0.3, -0.25) is 4.79 Å². The van der Waals surface area contributed by atoms with Crippen LogP contribution in [0.1, 0.15) is 0 Å². The van der Waals surface area contributed by atoms with Crippen molar-refractivity contribution in [3.63, 3.8) is 0 Å². The number of carbonyl (C=O) groups is 1. The second kappa shape index (κ2) is 4.39. The average molecular weight is 217 g/mol. The second-order valence-electron chi connectivity index (χ2n) is 2.34. The number of nitrogen functional groups attached to an aromatic ring is 1. The Kier molecular flexibility index (Phi) is 3.45. The predicted octanol–water partition coefficient (Wildman–Crippen LogP) is 2.21. The quantitative estimate of drug-likeness (QED) is 0.463. The highest BCUT2D eigenvalue weighted by Crippen LogP contribution is 2.34. The molecule has 0 aliphatic rings. The van der Waals surface area contributed by atoms with Gasteiger partial charge in [-0.2, -0.15) is 0 Å². The molecule has 0 radical (unpaired) electrons. The third kappa shape index (κ3) is 2.29. The van der Waals surface area contributed by atoms with Gasteiger partial charge < -0.3 is 11.1 Å². The summed E-state index contributed by atoms with van der Waals surface area (Å²) < 4.78 is 0. The summed E-state index contributed by atoms with van der Waals surface area (Å²) in [7, 11) is 0. The molecule has 0 fully saturated rings. The standard InChI is InChI=1S/C8H9ClN2OS/c1-13-7-3-5(10)2-6(9)8(7)11-4-12/h2-4H,10H2,1H3,(H,11,12). The summed E-state index contributed by atoms with van der Waals surface area (Å²) in [6, 6.07) is 3.37. The lowest BCUT2D eigenvalue weighted by molar-refractivity contribution is -0.105. The van der Waals surface area contributed by atoms with Crippen LogP contribution in [-0.4, -0.2) is 12.7 Å². The maximum Gasteiger partial charge on any atom is 0.211 e. The van der Waals surface area contributed by atoms with Crippen molar-refractivity contribution in [1.82, 2.24) is 0 Å². The summed E-state index contributed by atoms with van der Waals surface area (Å²) in [4.78, 5) is 11.1. The maximum absolute atomic E-state index is 10.3. The lowest BCUT2D eigenvalue weighted by Gasteiger charge is -2.08. The Balaban J connectivity index is 3.20. The van der Waals surface area contributed by atoms with Gasteiger partial charge in [-0.1, -0.05) is 11.6 Å². The molecule has 0 aliphatic heterocycles. The molecule has 3 nitrogen and oxygen atoms in total. The fourth-order valence-corrected chi connectivity index (χ4v) is 1.93. The highest BCUT2D eigenvalue weighted by Gasteiger charge is 2.06. The molecular formula is C8H9ClN2OS. The number of carbonyl (C=O) groups excluding carboxylic acids is 1. The molecule has 1 aromatic rings. The molecule has 0 aliphatic carbocycles. The number of benzene rings is 1. The average Bonchev–Trinajstić information content (AvgIpc) is 2.09. The molecule has 0 saturated carbocycles. The van der Waals surface area contributed by atoms with E-state index in [1.807, 2.05) is 6.26 Å². The fraction of sp³-hybridized carbons (Fsp3) is 0.125. The highest BCUT2D eigenvalue weighted by atomic mass is 35.5. The number of hydrogen-bond acceptors (Lipinski definition) is 3. The van der Waals surface area contributed by atoms with E-state index in [2.05, 4.69) is 5.32 Å². The van der Waals surface area contributed by atoms with Crippen LogP contribution in [0.2, 0.25) is 5.02 Å². The van der Waals surface area contributed by atoms with E-state index in [0.29, 0.717) is 22.8 Å². The number of hydrogen-bond donors (Lipinski definition) is 2. The number of halogens is 1. The minimum absolute atomic E-state index is 0.455. The molecule has 3 N–H and O–H groups in total. The monoisotopic (exact) mass is 216 g/mol. The topological polar surface area (TPSA) is 55.1 Å². The lowest BCUT2D eigenvalue weighted by atomic mass is 10.3. The van der Waals surface area contributed by atoms with E-state index in [1.165, 1.54) is 11.8 Å². The molecule has 0 heterocycles. The van der Waals surface area contributed by atoms with Gasteiger partial charge in [0.05, 0.1) is 10.7 Å². The summed E-state index contributed by atoms with van der Waals surface area (Å²) in [6.45, 7) is 0. The molecule has 0 unspecified atom stereocenters. The largest absolute Gasteiger partial charge is 0.399 e. The van der Waals surface area contributed by atoms with Crippen molar-refractivity contribution in [3.05, 3.63) is 17.2 Å². The molecule has 0 saturated heterocycles. The Bertz CT molecular complexity index is 330. The first-order chi connectivity index (χ1) is 6.19. The number of rotatable bonds is 3. The van der Waals surface area contributed by atoms with E-state index in [9.17, 15) is 4.79 Å². The number of nitrogens with one attached hydrogen (secondary N) is 1. The van der Waals surface area contributed by atoms with Gasteiger partial charge in [-0.15, -0.1) is 11.8 Å². The maximum atomic E-state index is 10.3. The molecule has 5 heteroatoms. The molecular weight excluding hydrogens is 208 g/mol. The first-order valence-electron chi connectivity index (χ1n) is 3.52. The van der Waals surface area contributed by atoms with E-state index < -0.39 is 0 Å². The van der Waals surface area contributed by atoms with E-state index >= 15 is 0 Å². The van der Waals surface area contributed by atoms with Crippen LogP contribution >= 0.6 is 23.4 Å². The van der Waals surface area contributed by atoms with Gasteiger partial charge in [0.1, 0.15) is 0 Å². The molecule has 0 spiro atoms. The zero-order valence-corrected chi connectivity index (χ0v) is 8.58. The SMILES string of the molecule is CSc1cc(N)cc(Cl)c1NC=O. The molecule has 1 amide bonds. The smallest absolute Gasteiger partial charge is 0.211 e. The summed E-state index contributed by atoms with van der Waals surface area (Å²) in [5, 5.41) is 2.99. The minimum atomic E-state index is 0.455. The van der Waals surface area contributed by atoms with Gasteiger partial charge in [-0.05, 0) is 18.4 Å². The van der Waals surface area contributed by atoms with E-state index in [1.54, 1.807) is 12.1 Å². The summed E-state index contributed by atoms with van der Waals surface area (Å²) in [5.74, 6) is 0. The van der Waals surface area contributed by atoms with Crippen molar-refractivity contribution < 1.29 is 4.79 Å². The number of thioether (sulfide) groups is 1. The molecule has 13 heavy (non-hydrogen) atoms. The summed E-state index contributed by atoms with van der Waals surface area (Å²) in [6.07, 6.45) is 2.48. The van der Waals surface area contributed by atoms with E-state index in [0.717, 1.165) is 4.90 Å². The molecule has 0 atom stereocenters. The van der Waals surface area contributed by atoms with Crippen LogP contribution in [0.15, 0.2) is 17.0 Å².